The van der Waals surface area contributed by atoms with E-state index in [1.807, 2.05) is 0 Å². The molecule has 0 aromatic heterocycles. The number of hydrogen-bond acceptors (Lipinski definition) is 4. The lowest BCUT2D eigenvalue weighted by molar-refractivity contribution is -0.111. The van der Waals surface area contributed by atoms with E-state index in [-0.39, 0.29) is 5.78 Å². The van der Waals surface area contributed by atoms with E-state index >= 15 is 0 Å². The highest BCUT2D eigenvalue weighted by Gasteiger charge is 2.14. The summed E-state index contributed by atoms with van der Waals surface area (Å²) >= 11 is 3.29. The minimum absolute atomic E-state index is 0.0549. The highest BCUT2D eigenvalue weighted by Crippen LogP contribution is 2.14. The van der Waals surface area contributed by atoms with Gasteiger partial charge in [0.2, 0.25) is 0 Å². The number of rotatable bonds is 2. The topological polar surface area (TPSA) is 55.7 Å². The molecule has 0 heterocycles. The molecule has 0 radical (unpaired) electrons. The molecule has 0 N–H and O–H groups in total. The van der Waals surface area contributed by atoms with Gasteiger partial charge in [-0.15, -0.1) is 0 Å². The highest BCUT2D eigenvalue weighted by molar-refractivity contribution is 9.10. The zero-order valence-corrected chi connectivity index (χ0v) is 12.6. The van der Waals surface area contributed by atoms with Crippen molar-refractivity contribution in [3.8, 4) is 0 Å². The fraction of sp³-hybridized carbons (Fsp3) is 0.133. The van der Waals surface area contributed by atoms with E-state index in [1.165, 1.54) is 6.08 Å². The molecule has 0 spiro atoms. The van der Waals surface area contributed by atoms with E-state index in [0.29, 0.717) is 22.4 Å². The Morgan fingerprint density at radius 2 is 1.75 bits per heavy atom. The summed E-state index contributed by atoms with van der Waals surface area (Å²) < 4.78 is 0.878. The van der Waals surface area contributed by atoms with E-state index in [1.54, 1.807) is 44.2 Å². The number of ketones is 1. The molecule has 5 heteroatoms. The first-order valence-corrected chi connectivity index (χ1v) is 6.73. The molecule has 0 bridgehead atoms. The maximum absolute atomic E-state index is 11.8. The van der Waals surface area contributed by atoms with Gasteiger partial charge in [-0.2, -0.15) is 0 Å². The number of carbonyl (C=O) groups is 2. The SMILES string of the molecule is CC1=C/C(=N/OC(=O)c2ccc(Br)cc2)C(C)=CC1=O. The normalized spacial score (nSPS) is 16.8. The number of oxime groups is 1. The molecule has 0 fully saturated rings. The van der Waals surface area contributed by atoms with Crippen molar-refractivity contribution in [1.82, 2.24) is 0 Å². The van der Waals surface area contributed by atoms with E-state index in [2.05, 4.69) is 21.1 Å². The summed E-state index contributed by atoms with van der Waals surface area (Å²) in [7, 11) is 0. The Morgan fingerprint density at radius 1 is 1.10 bits per heavy atom. The Balaban J connectivity index is 2.13. The Labute approximate surface area is 124 Å². The molecule has 0 saturated carbocycles. The maximum Gasteiger partial charge on any atom is 0.365 e. The van der Waals surface area contributed by atoms with Crippen molar-refractivity contribution in [3.63, 3.8) is 0 Å². The number of benzene rings is 1. The first-order chi connectivity index (χ1) is 9.47. The van der Waals surface area contributed by atoms with Crippen LogP contribution in [0.4, 0.5) is 0 Å². The summed E-state index contributed by atoms with van der Waals surface area (Å²) in [6.07, 6.45) is 3.08. The molecule has 0 amide bonds. The van der Waals surface area contributed by atoms with Crippen LogP contribution in [0.1, 0.15) is 24.2 Å². The van der Waals surface area contributed by atoms with Gasteiger partial charge >= 0.3 is 5.97 Å². The lowest BCUT2D eigenvalue weighted by Gasteiger charge is -2.08. The second-order valence-electron chi connectivity index (χ2n) is 4.38. The zero-order chi connectivity index (χ0) is 14.7. The van der Waals surface area contributed by atoms with Crippen LogP contribution >= 0.6 is 15.9 Å². The minimum Gasteiger partial charge on any atom is -0.312 e. The molecular weight excluding hydrogens is 322 g/mol. The molecule has 1 aromatic carbocycles. The van der Waals surface area contributed by atoms with Gasteiger partial charge in [-0.25, -0.2) is 4.79 Å². The Hall–Kier alpha value is -2.01. The third-order valence-electron chi connectivity index (χ3n) is 2.80. The van der Waals surface area contributed by atoms with Crippen LogP contribution in [-0.4, -0.2) is 17.5 Å². The average molecular weight is 334 g/mol. The highest BCUT2D eigenvalue weighted by atomic mass is 79.9. The quantitative estimate of drug-likeness (QED) is 0.473. The molecule has 1 aliphatic carbocycles. The first kappa shape index (κ1) is 14.4. The molecule has 2 rings (SSSR count). The number of halogens is 1. The van der Waals surface area contributed by atoms with E-state index < -0.39 is 5.97 Å². The van der Waals surface area contributed by atoms with Crippen LogP contribution in [0.15, 0.2) is 57.2 Å². The maximum atomic E-state index is 11.8. The molecule has 102 valence electrons. The summed E-state index contributed by atoms with van der Waals surface area (Å²) in [5.74, 6) is -0.596. The van der Waals surface area contributed by atoms with Crippen molar-refractivity contribution in [2.45, 2.75) is 13.8 Å². The number of nitrogens with zero attached hydrogens (tertiary/aromatic N) is 1. The molecule has 0 unspecified atom stereocenters. The van der Waals surface area contributed by atoms with Crippen molar-refractivity contribution < 1.29 is 14.4 Å². The monoisotopic (exact) mass is 333 g/mol. The van der Waals surface area contributed by atoms with Gasteiger partial charge in [0.15, 0.2) is 5.78 Å². The van der Waals surface area contributed by atoms with Crippen LogP contribution in [-0.2, 0) is 9.63 Å². The second kappa shape index (κ2) is 5.96. The molecule has 0 aliphatic heterocycles. The summed E-state index contributed by atoms with van der Waals surface area (Å²) in [5, 5.41) is 3.81. The van der Waals surface area contributed by atoms with Crippen molar-refractivity contribution in [2.24, 2.45) is 5.16 Å². The third-order valence-corrected chi connectivity index (χ3v) is 3.33. The van der Waals surface area contributed by atoms with E-state index in [4.69, 9.17) is 4.84 Å². The van der Waals surface area contributed by atoms with Gasteiger partial charge in [-0.1, -0.05) is 21.1 Å². The predicted octanol–water partition coefficient (Wildman–Crippen LogP) is 3.44. The summed E-state index contributed by atoms with van der Waals surface area (Å²) in [6.45, 7) is 3.43. The van der Waals surface area contributed by atoms with Crippen LogP contribution in [0.25, 0.3) is 0 Å². The lowest BCUT2D eigenvalue weighted by Crippen LogP contribution is -2.11. The fourth-order valence-corrected chi connectivity index (χ4v) is 1.87. The van der Waals surface area contributed by atoms with Crippen LogP contribution in [0.2, 0.25) is 0 Å². The number of allylic oxidation sites excluding steroid dienone is 4. The van der Waals surface area contributed by atoms with E-state index in [0.717, 1.165) is 4.47 Å². The third kappa shape index (κ3) is 3.30. The van der Waals surface area contributed by atoms with Gasteiger partial charge in [0, 0.05) is 4.47 Å². The standard InChI is InChI=1S/C15H12BrNO3/c1-9-8-14(18)10(2)7-13(9)17-20-15(19)11-3-5-12(16)6-4-11/h3-8H,1-2H3/b17-13-. The molecule has 1 aliphatic rings. The van der Waals surface area contributed by atoms with Gasteiger partial charge in [-0.05, 0) is 61.4 Å². The molecular formula is C15H12BrNO3. The fourth-order valence-electron chi connectivity index (χ4n) is 1.60. The van der Waals surface area contributed by atoms with Gasteiger partial charge in [0.25, 0.3) is 0 Å². The van der Waals surface area contributed by atoms with Gasteiger partial charge in [0.05, 0.1) is 5.56 Å². The molecule has 0 saturated heterocycles. The Bertz CT molecular complexity index is 654. The van der Waals surface area contributed by atoms with Crippen LogP contribution in [0.5, 0.6) is 0 Å². The largest absolute Gasteiger partial charge is 0.365 e. The smallest absolute Gasteiger partial charge is 0.312 e. The lowest BCUT2D eigenvalue weighted by atomic mass is 9.99. The molecule has 20 heavy (non-hydrogen) atoms. The Morgan fingerprint density at radius 3 is 2.40 bits per heavy atom. The summed E-state index contributed by atoms with van der Waals surface area (Å²) in [6, 6.07) is 6.78. The minimum atomic E-state index is -0.541. The molecule has 4 nitrogen and oxygen atoms in total. The first-order valence-electron chi connectivity index (χ1n) is 5.93. The Kier molecular flexibility index (Phi) is 4.29. The number of hydrogen-bond donors (Lipinski definition) is 0. The van der Waals surface area contributed by atoms with Gasteiger partial charge in [0.1, 0.15) is 5.71 Å². The number of carbonyl (C=O) groups excluding carboxylic acids is 2. The second-order valence-corrected chi connectivity index (χ2v) is 5.30. The van der Waals surface area contributed by atoms with Crippen LogP contribution in [0.3, 0.4) is 0 Å². The van der Waals surface area contributed by atoms with Crippen molar-refractivity contribution in [1.29, 1.82) is 0 Å². The van der Waals surface area contributed by atoms with Crippen LogP contribution in [0, 0.1) is 0 Å². The van der Waals surface area contributed by atoms with E-state index in [9.17, 15) is 9.59 Å². The van der Waals surface area contributed by atoms with Crippen LogP contribution < -0.4 is 0 Å². The van der Waals surface area contributed by atoms with Crippen molar-refractivity contribution in [2.75, 3.05) is 0 Å². The molecule has 0 atom stereocenters. The average Bonchev–Trinajstić information content (AvgIpc) is 2.42. The van der Waals surface area contributed by atoms with Gasteiger partial charge in [-0.3, -0.25) is 4.79 Å². The zero-order valence-electron chi connectivity index (χ0n) is 11.0. The van der Waals surface area contributed by atoms with Crippen molar-refractivity contribution >= 4 is 33.4 Å². The van der Waals surface area contributed by atoms with Crippen molar-refractivity contribution in [3.05, 3.63) is 57.6 Å². The summed E-state index contributed by atoms with van der Waals surface area (Å²) in [4.78, 5) is 28.1. The summed E-state index contributed by atoms with van der Waals surface area (Å²) in [5.41, 5.74) is 2.12. The molecule has 1 aromatic rings. The van der Waals surface area contributed by atoms with Gasteiger partial charge < -0.3 is 4.84 Å². The predicted molar refractivity (Wildman–Crippen MR) is 79.5 cm³/mol.